The predicted octanol–water partition coefficient (Wildman–Crippen LogP) is 4.29. The molecule has 6 nitrogen and oxygen atoms in total. The molecule has 1 atom stereocenters. The highest BCUT2D eigenvalue weighted by Gasteiger charge is 2.34. The van der Waals surface area contributed by atoms with Crippen LogP contribution in [0.1, 0.15) is 44.2 Å². The van der Waals surface area contributed by atoms with Crippen LogP contribution in [0.5, 0.6) is 5.75 Å². The molecule has 1 aliphatic heterocycles. The number of ether oxygens (including phenoxy) is 1. The molecule has 2 aromatic heterocycles. The van der Waals surface area contributed by atoms with Gasteiger partial charge in [-0.1, -0.05) is 11.2 Å². The molecule has 0 aliphatic carbocycles. The van der Waals surface area contributed by atoms with Gasteiger partial charge in [-0.3, -0.25) is 4.79 Å². The molecule has 0 radical (unpaired) electrons. The molecule has 3 heterocycles. The van der Waals surface area contributed by atoms with Crippen molar-refractivity contribution < 1.29 is 18.4 Å². The van der Waals surface area contributed by atoms with Crippen LogP contribution in [0.2, 0.25) is 0 Å². The van der Waals surface area contributed by atoms with Gasteiger partial charge in [0.05, 0.1) is 6.04 Å². The van der Waals surface area contributed by atoms with Gasteiger partial charge in [-0.25, -0.2) is 4.39 Å². The first-order valence-corrected chi connectivity index (χ1v) is 9.97. The van der Waals surface area contributed by atoms with Gasteiger partial charge in [0.25, 0.3) is 0 Å². The van der Waals surface area contributed by atoms with Crippen molar-refractivity contribution in [2.24, 2.45) is 0 Å². The second-order valence-corrected chi connectivity index (χ2v) is 8.17. The first-order valence-electron chi connectivity index (χ1n) is 9.03. The highest BCUT2D eigenvalue weighted by atomic mass is 32.1. The van der Waals surface area contributed by atoms with Crippen LogP contribution in [-0.2, 0) is 11.2 Å². The maximum absolute atomic E-state index is 13.6. The van der Waals surface area contributed by atoms with Crippen LogP contribution in [0.4, 0.5) is 4.39 Å². The summed E-state index contributed by atoms with van der Waals surface area (Å²) in [5.41, 5.74) is 1.19. The van der Waals surface area contributed by atoms with Crippen molar-refractivity contribution in [2.45, 2.75) is 44.8 Å². The molecule has 0 bridgehead atoms. The average Bonchev–Trinajstić information content (AvgIpc) is 3.30. The molecule has 146 valence electrons. The van der Waals surface area contributed by atoms with Crippen LogP contribution in [0.15, 0.2) is 39.5 Å². The van der Waals surface area contributed by atoms with Crippen molar-refractivity contribution in [3.63, 3.8) is 0 Å². The molecule has 0 saturated heterocycles. The highest BCUT2D eigenvalue weighted by molar-refractivity contribution is 7.08. The fourth-order valence-corrected chi connectivity index (χ4v) is 3.94. The Morgan fingerprint density at radius 3 is 3.04 bits per heavy atom. The Bertz CT molecular complexity index is 985. The minimum absolute atomic E-state index is 0.131. The second-order valence-electron chi connectivity index (χ2n) is 7.39. The van der Waals surface area contributed by atoms with Gasteiger partial charge >= 0.3 is 0 Å². The van der Waals surface area contributed by atoms with E-state index in [4.69, 9.17) is 9.26 Å². The molecule has 1 aromatic carbocycles. The number of rotatable bonds is 5. The van der Waals surface area contributed by atoms with Gasteiger partial charge in [0.2, 0.25) is 17.6 Å². The van der Waals surface area contributed by atoms with Crippen molar-refractivity contribution in [1.29, 1.82) is 0 Å². The summed E-state index contributed by atoms with van der Waals surface area (Å²) >= 11 is 1.56. The summed E-state index contributed by atoms with van der Waals surface area (Å²) in [7, 11) is 0. The third-order valence-electron chi connectivity index (χ3n) is 4.58. The number of benzene rings is 1. The molecule has 1 aliphatic rings. The van der Waals surface area contributed by atoms with E-state index in [2.05, 4.69) is 15.5 Å². The van der Waals surface area contributed by atoms with E-state index in [1.807, 2.05) is 30.7 Å². The van der Waals surface area contributed by atoms with Gasteiger partial charge in [0.1, 0.15) is 17.2 Å². The van der Waals surface area contributed by atoms with Gasteiger partial charge in [-0.05, 0) is 31.4 Å². The number of aromatic nitrogens is 2. The van der Waals surface area contributed by atoms with Crippen LogP contribution < -0.4 is 10.1 Å². The zero-order valence-corrected chi connectivity index (χ0v) is 16.4. The van der Waals surface area contributed by atoms with Crippen molar-refractivity contribution in [3.05, 3.63) is 52.3 Å². The Morgan fingerprint density at radius 2 is 2.25 bits per heavy atom. The zero-order valence-electron chi connectivity index (χ0n) is 15.6. The largest absolute Gasteiger partial charge is 0.487 e. The Morgan fingerprint density at radius 1 is 1.39 bits per heavy atom. The smallest absolute Gasteiger partial charge is 0.227 e. The molecule has 1 amide bonds. The number of amides is 1. The summed E-state index contributed by atoms with van der Waals surface area (Å²) in [5, 5.41) is 10.9. The predicted molar refractivity (Wildman–Crippen MR) is 103 cm³/mol. The van der Waals surface area contributed by atoms with Crippen LogP contribution >= 0.6 is 11.3 Å². The summed E-state index contributed by atoms with van der Waals surface area (Å²) in [5.74, 6) is 0.927. The molecule has 3 aromatic rings. The van der Waals surface area contributed by atoms with Crippen molar-refractivity contribution in [2.75, 3.05) is 0 Å². The van der Waals surface area contributed by atoms with E-state index in [1.165, 1.54) is 12.1 Å². The maximum Gasteiger partial charge on any atom is 0.227 e. The van der Waals surface area contributed by atoms with E-state index in [1.54, 1.807) is 17.4 Å². The number of hydrogen-bond donors (Lipinski definition) is 1. The van der Waals surface area contributed by atoms with Gasteiger partial charge in [0, 0.05) is 41.8 Å². The number of thiophene rings is 1. The lowest BCUT2D eigenvalue weighted by Gasteiger charge is -2.37. The molecule has 28 heavy (non-hydrogen) atoms. The Kier molecular flexibility index (Phi) is 4.89. The van der Waals surface area contributed by atoms with E-state index in [-0.39, 0.29) is 24.2 Å². The summed E-state index contributed by atoms with van der Waals surface area (Å²) in [6.07, 6.45) is 1.17. The summed E-state index contributed by atoms with van der Waals surface area (Å²) in [4.78, 5) is 16.8. The lowest BCUT2D eigenvalue weighted by atomic mass is 9.89. The SMILES string of the molecule is CC1(C)CC(NC(=O)CCc2nc(-c3ccsc3)no2)c2ccc(F)cc2O1. The number of hydrogen-bond acceptors (Lipinski definition) is 6. The number of nitrogens with zero attached hydrogens (tertiary/aromatic N) is 2. The van der Waals surface area contributed by atoms with E-state index in [0.29, 0.717) is 30.3 Å². The lowest BCUT2D eigenvalue weighted by Crippen LogP contribution is -2.41. The van der Waals surface area contributed by atoms with Gasteiger partial charge in [-0.2, -0.15) is 16.3 Å². The van der Waals surface area contributed by atoms with Gasteiger partial charge in [-0.15, -0.1) is 0 Å². The first kappa shape index (κ1) is 18.6. The lowest BCUT2D eigenvalue weighted by molar-refractivity contribution is -0.122. The van der Waals surface area contributed by atoms with E-state index in [0.717, 1.165) is 11.1 Å². The van der Waals surface area contributed by atoms with Crippen LogP contribution in [0.25, 0.3) is 11.4 Å². The zero-order chi connectivity index (χ0) is 19.7. The molecule has 4 rings (SSSR count). The minimum atomic E-state index is -0.499. The van der Waals surface area contributed by atoms with Gasteiger partial charge in [0.15, 0.2) is 0 Å². The molecule has 0 saturated carbocycles. The van der Waals surface area contributed by atoms with Crippen LogP contribution in [-0.4, -0.2) is 21.6 Å². The Hall–Kier alpha value is -2.74. The fraction of sp³-hybridized carbons (Fsp3) is 0.350. The second kappa shape index (κ2) is 7.35. The summed E-state index contributed by atoms with van der Waals surface area (Å²) in [6, 6.07) is 6.08. The maximum atomic E-state index is 13.6. The molecule has 8 heteroatoms. The standard InChI is InChI=1S/C20H20FN3O3S/c1-20(2)10-15(14-4-3-13(21)9-16(14)26-20)22-17(25)5-6-18-23-19(24-27-18)12-7-8-28-11-12/h3-4,7-9,11,15H,5-6,10H2,1-2H3,(H,22,25). The first-order chi connectivity index (χ1) is 13.4. The molecule has 0 fully saturated rings. The minimum Gasteiger partial charge on any atom is -0.487 e. The van der Waals surface area contributed by atoms with Crippen molar-refractivity contribution in [1.82, 2.24) is 15.5 Å². The molecule has 1 unspecified atom stereocenters. The fourth-order valence-electron chi connectivity index (χ4n) is 3.31. The molecule has 1 N–H and O–H groups in total. The van der Waals surface area contributed by atoms with Gasteiger partial charge < -0.3 is 14.6 Å². The molecule has 0 spiro atoms. The average molecular weight is 401 g/mol. The molecular weight excluding hydrogens is 381 g/mol. The van der Waals surface area contributed by atoms with Crippen LogP contribution in [0, 0.1) is 5.82 Å². The third kappa shape index (κ3) is 4.06. The quantitative estimate of drug-likeness (QED) is 0.690. The number of aryl methyl sites for hydroxylation is 1. The van der Waals surface area contributed by atoms with Crippen LogP contribution in [0.3, 0.4) is 0 Å². The monoisotopic (exact) mass is 401 g/mol. The summed E-state index contributed by atoms with van der Waals surface area (Å²) in [6.45, 7) is 3.84. The van der Waals surface area contributed by atoms with Crippen molar-refractivity contribution >= 4 is 17.2 Å². The molecular formula is C20H20FN3O3S. The van der Waals surface area contributed by atoms with E-state index >= 15 is 0 Å². The summed E-state index contributed by atoms with van der Waals surface area (Å²) < 4.78 is 24.6. The van der Waals surface area contributed by atoms with E-state index in [9.17, 15) is 9.18 Å². The Labute approximate surface area is 165 Å². The van der Waals surface area contributed by atoms with Crippen molar-refractivity contribution in [3.8, 4) is 17.1 Å². The third-order valence-corrected chi connectivity index (χ3v) is 5.26. The number of fused-ring (bicyclic) bond motifs is 1. The number of nitrogens with one attached hydrogen (secondary N) is 1. The number of halogens is 1. The highest BCUT2D eigenvalue weighted by Crippen LogP contribution is 2.39. The topological polar surface area (TPSA) is 77.3 Å². The normalized spacial score (nSPS) is 17.6. The Balaban J connectivity index is 1.40. The number of carbonyl (C=O) groups excluding carboxylic acids is 1. The van der Waals surface area contributed by atoms with E-state index < -0.39 is 5.60 Å². The number of carbonyl (C=O) groups is 1.